The van der Waals surface area contributed by atoms with Crippen molar-refractivity contribution in [3.63, 3.8) is 0 Å². The Labute approximate surface area is 119 Å². The molecular formula is C15H23BrN2. The van der Waals surface area contributed by atoms with Crippen LogP contribution < -0.4 is 5.32 Å². The zero-order valence-corrected chi connectivity index (χ0v) is 13.0. The lowest BCUT2D eigenvalue weighted by atomic mass is 9.90. The van der Waals surface area contributed by atoms with E-state index in [0.29, 0.717) is 0 Å². The minimum absolute atomic E-state index is 0.286. The highest BCUT2D eigenvalue weighted by molar-refractivity contribution is 9.10. The number of piperidine rings is 1. The van der Waals surface area contributed by atoms with Gasteiger partial charge in [-0.1, -0.05) is 40.5 Å². The topological polar surface area (TPSA) is 15.3 Å². The standard InChI is InChI=1S/C15H23BrN2/c1-15(9-5-6-10-17-15)12-18(2)11-13-7-3-4-8-14(13)16/h3-4,7-8,17H,5-6,9-12H2,1-2H3. The minimum Gasteiger partial charge on any atom is -0.310 e. The van der Waals surface area contributed by atoms with Crippen LogP contribution in [-0.4, -0.2) is 30.6 Å². The Morgan fingerprint density at radius 3 is 2.78 bits per heavy atom. The second-order valence-corrected chi connectivity index (χ2v) is 6.56. The Morgan fingerprint density at radius 1 is 1.33 bits per heavy atom. The van der Waals surface area contributed by atoms with E-state index in [1.807, 2.05) is 0 Å². The van der Waals surface area contributed by atoms with Crippen LogP contribution in [0.3, 0.4) is 0 Å². The lowest BCUT2D eigenvalue weighted by Gasteiger charge is -2.38. The van der Waals surface area contributed by atoms with E-state index in [9.17, 15) is 0 Å². The molecule has 0 radical (unpaired) electrons. The first kappa shape index (κ1) is 14.0. The smallest absolute Gasteiger partial charge is 0.0280 e. The minimum atomic E-state index is 0.286. The Balaban J connectivity index is 1.92. The average molecular weight is 311 g/mol. The maximum absolute atomic E-state index is 3.67. The molecule has 18 heavy (non-hydrogen) atoms. The van der Waals surface area contributed by atoms with E-state index in [-0.39, 0.29) is 5.54 Å². The highest BCUT2D eigenvalue weighted by Crippen LogP contribution is 2.22. The first-order chi connectivity index (χ1) is 8.59. The lowest BCUT2D eigenvalue weighted by molar-refractivity contribution is 0.182. The summed E-state index contributed by atoms with van der Waals surface area (Å²) in [6.45, 7) is 5.62. The van der Waals surface area contributed by atoms with Gasteiger partial charge >= 0.3 is 0 Å². The largest absolute Gasteiger partial charge is 0.310 e. The van der Waals surface area contributed by atoms with Crippen LogP contribution in [0.1, 0.15) is 31.7 Å². The van der Waals surface area contributed by atoms with Crippen LogP contribution >= 0.6 is 15.9 Å². The molecule has 3 heteroatoms. The molecule has 0 bridgehead atoms. The van der Waals surface area contributed by atoms with Crippen LogP contribution in [0.25, 0.3) is 0 Å². The summed E-state index contributed by atoms with van der Waals surface area (Å²) in [4.78, 5) is 2.42. The SMILES string of the molecule is CN(Cc1ccccc1Br)CC1(C)CCCCN1. The van der Waals surface area contributed by atoms with Crippen molar-refractivity contribution in [3.05, 3.63) is 34.3 Å². The predicted octanol–water partition coefficient (Wildman–Crippen LogP) is 3.41. The Bertz CT molecular complexity index is 386. The van der Waals surface area contributed by atoms with Crippen LogP contribution in [0, 0.1) is 0 Å². The van der Waals surface area contributed by atoms with Gasteiger partial charge in [0.1, 0.15) is 0 Å². The summed E-state index contributed by atoms with van der Waals surface area (Å²) < 4.78 is 1.21. The average Bonchev–Trinajstić information content (AvgIpc) is 2.32. The molecule has 1 saturated heterocycles. The number of hydrogen-bond acceptors (Lipinski definition) is 2. The molecule has 0 saturated carbocycles. The fraction of sp³-hybridized carbons (Fsp3) is 0.600. The van der Waals surface area contributed by atoms with Crippen molar-refractivity contribution < 1.29 is 0 Å². The molecule has 1 heterocycles. The molecule has 1 aromatic rings. The van der Waals surface area contributed by atoms with Crippen LogP contribution in [0.2, 0.25) is 0 Å². The van der Waals surface area contributed by atoms with E-state index in [4.69, 9.17) is 0 Å². The van der Waals surface area contributed by atoms with E-state index in [1.165, 1.54) is 35.8 Å². The number of benzene rings is 1. The number of hydrogen-bond donors (Lipinski definition) is 1. The summed E-state index contributed by atoms with van der Waals surface area (Å²) in [7, 11) is 2.21. The number of rotatable bonds is 4. The van der Waals surface area contributed by atoms with Crippen molar-refractivity contribution >= 4 is 15.9 Å². The normalized spacial score (nSPS) is 24.4. The summed E-state index contributed by atoms with van der Waals surface area (Å²) in [5.41, 5.74) is 1.65. The number of nitrogens with one attached hydrogen (secondary N) is 1. The van der Waals surface area contributed by atoms with Gasteiger partial charge in [-0.15, -0.1) is 0 Å². The van der Waals surface area contributed by atoms with Crippen molar-refractivity contribution in [2.24, 2.45) is 0 Å². The predicted molar refractivity (Wildman–Crippen MR) is 80.7 cm³/mol. The van der Waals surface area contributed by atoms with Crippen molar-refractivity contribution in [1.82, 2.24) is 10.2 Å². The lowest BCUT2D eigenvalue weighted by Crippen LogP contribution is -2.52. The highest BCUT2D eigenvalue weighted by Gasteiger charge is 2.27. The molecule has 1 N–H and O–H groups in total. The van der Waals surface area contributed by atoms with Crippen molar-refractivity contribution in [1.29, 1.82) is 0 Å². The van der Waals surface area contributed by atoms with Gasteiger partial charge in [0.15, 0.2) is 0 Å². The number of nitrogens with zero attached hydrogens (tertiary/aromatic N) is 1. The van der Waals surface area contributed by atoms with E-state index >= 15 is 0 Å². The van der Waals surface area contributed by atoms with Gasteiger partial charge in [-0.2, -0.15) is 0 Å². The second kappa shape index (κ2) is 6.18. The third kappa shape index (κ3) is 3.81. The Hall–Kier alpha value is -0.380. The first-order valence-corrected chi connectivity index (χ1v) is 7.55. The van der Waals surface area contributed by atoms with Gasteiger partial charge in [0, 0.05) is 23.1 Å². The third-order valence-corrected chi connectivity index (χ3v) is 4.50. The van der Waals surface area contributed by atoms with Crippen LogP contribution in [-0.2, 0) is 6.54 Å². The first-order valence-electron chi connectivity index (χ1n) is 6.76. The van der Waals surface area contributed by atoms with E-state index < -0.39 is 0 Å². The van der Waals surface area contributed by atoms with Crippen LogP contribution in [0.4, 0.5) is 0 Å². The molecule has 0 aliphatic carbocycles. The molecule has 0 aromatic heterocycles. The Kier molecular flexibility index (Phi) is 4.82. The number of halogens is 1. The van der Waals surface area contributed by atoms with Gasteiger partial charge < -0.3 is 10.2 Å². The monoisotopic (exact) mass is 310 g/mol. The molecule has 0 spiro atoms. The molecule has 2 rings (SSSR count). The van der Waals surface area contributed by atoms with Gasteiger partial charge in [0.05, 0.1) is 0 Å². The molecule has 1 aliphatic heterocycles. The zero-order chi connectivity index (χ0) is 13.0. The second-order valence-electron chi connectivity index (χ2n) is 5.71. The van der Waals surface area contributed by atoms with Gasteiger partial charge in [-0.25, -0.2) is 0 Å². The summed E-state index contributed by atoms with van der Waals surface area (Å²) >= 11 is 3.62. The van der Waals surface area contributed by atoms with Crippen molar-refractivity contribution in [2.75, 3.05) is 20.1 Å². The number of likely N-dealkylation sites (N-methyl/N-ethyl adjacent to an activating group) is 1. The molecule has 2 nitrogen and oxygen atoms in total. The van der Waals surface area contributed by atoms with Gasteiger partial charge in [-0.3, -0.25) is 0 Å². The molecule has 1 aromatic carbocycles. The van der Waals surface area contributed by atoms with Crippen molar-refractivity contribution in [2.45, 2.75) is 38.3 Å². The maximum atomic E-state index is 3.67. The summed E-state index contributed by atoms with van der Waals surface area (Å²) in [6.07, 6.45) is 3.96. The third-order valence-electron chi connectivity index (χ3n) is 3.72. The molecule has 0 amide bonds. The zero-order valence-electron chi connectivity index (χ0n) is 11.4. The van der Waals surface area contributed by atoms with E-state index in [2.05, 4.69) is 64.4 Å². The molecule has 1 aliphatic rings. The van der Waals surface area contributed by atoms with Gasteiger partial charge in [-0.05, 0) is 45.0 Å². The maximum Gasteiger partial charge on any atom is 0.0280 e. The summed E-state index contributed by atoms with van der Waals surface area (Å²) in [5, 5.41) is 3.67. The quantitative estimate of drug-likeness (QED) is 0.917. The summed E-state index contributed by atoms with van der Waals surface area (Å²) in [6, 6.07) is 8.48. The molecule has 1 atom stereocenters. The fourth-order valence-corrected chi connectivity index (χ4v) is 3.23. The molecular weight excluding hydrogens is 288 g/mol. The van der Waals surface area contributed by atoms with Gasteiger partial charge in [0.25, 0.3) is 0 Å². The summed E-state index contributed by atoms with van der Waals surface area (Å²) in [5.74, 6) is 0. The molecule has 1 fully saturated rings. The van der Waals surface area contributed by atoms with E-state index in [1.54, 1.807) is 0 Å². The fourth-order valence-electron chi connectivity index (χ4n) is 2.82. The molecule has 1 unspecified atom stereocenters. The van der Waals surface area contributed by atoms with Crippen LogP contribution in [0.15, 0.2) is 28.7 Å². The van der Waals surface area contributed by atoms with Crippen molar-refractivity contribution in [3.8, 4) is 0 Å². The van der Waals surface area contributed by atoms with E-state index in [0.717, 1.165) is 13.1 Å². The van der Waals surface area contributed by atoms with Crippen LogP contribution in [0.5, 0.6) is 0 Å². The molecule has 100 valence electrons. The highest BCUT2D eigenvalue weighted by atomic mass is 79.9. The van der Waals surface area contributed by atoms with Gasteiger partial charge in [0.2, 0.25) is 0 Å². The Morgan fingerprint density at radius 2 is 2.11 bits per heavy atom.